The third kappa shape index (κ3) is 3.00. The number of carboxylic acid groups (broad SMARTS) is 1. The molecule has 0 bridgehead atoms. The molecule has 3 aromatic heterocycles. The third-order valence-corrected chi connectivity index (χ3v) is 4.63. The Labute approximate surface area is 144 Å². The Kier molecular flexibility index (Phi) is 3.96. The van der Waals surface area contributed by atoms with Crippen LogP contribution >= 0.6 is 0 Å². The van der Waals surface area contributed by atoms with E-state index in [1.165, 1.54) is 17.1 Å². The summed E-state index contributed by atoms with van der Waals surface area (Å²) in [5.41, 5.74) is 2.43. The van der Waals surface area contributed by atoms with Crippen LogP contribution in [0.4, 0.5) is 0 Å². The SMILES string of the molecule is Cc1cc([C@@H]2CCCCN2Cc2cnc3c(C(=O)O)cnn3c2)no1. The second-order valence-electron chi connectivity index (χ2n) is 6.44. The van der Waals surface area contributed by atoms with E-state index in [0.717, 1.165) is 36.4 Å². The molecule has 1 fully saturated rings. The van der Waals surface area contributed by atoms with E-state index in [4.69, 9.17) is 9.63 Å². The van der Waals surface area contributed by atoms with Crippen LogP contribution in [0.25, 0.3) is 5.65 Å². The summed E-state index contributed by atoms with van der Waals surface area (Å²) < 4.78 is 6.77. The lowest BCUT2D eigenvalue weighted by molar-refractivity contribution is 0.0698. The molecule has 0 saturated carbocycles. The summed E-state index contributed by atoms with van der Waals surface area (Å²) in [6, 6.07) is 2.23. The number of carbonyl (C=O) groups is 1. The van der Waals surface area contributed by atoms with Gasteiger partial charge in [0.2, 0.25) is 0 Å². The summed E-state index contributed by atoms with van der Waals surface area (Å²) in [5.74, 6) is -0.200. The van der Waals surface area contributed by atoms with E-state index in [-0.39, 0.29) is 11.6 Å². The number of hydrogen-bond donors (Lipinski definition) is 1. The molecule has 1 atom stereocenters. The second kappa shape index (κ2) is 6.29. The molecule has 0 amide bonds. The van der Waals surface area contributed by atoms with Crippen molar-refractivity contribution in [2.45, 2.75) is 38.8 Å². The average molecular weight is 341 g/mol. The zero-order chi connectivity index (χ0) is 17.4. The first-order valence-corrected chi connectivity index (χ1v) is 8.34. The van der Waals surface area contributed by atoms with Gasteiger partial charge in [0.1, 0.15) is 17.0 Å². The largest absolute Gasteiger partial charge is 0.477 e. The van der Waals surface area contributed by atoms with Gasteiger partial charge in [-0.2, -0.15) is 5.10 Å². The summed E-state index contributed by atoms with van der Waals surface area (Å²) in [5, 5.41) is 17.4. The van der Waals surface area contributed by atoms with Crippen molar-refractivity contribution in [3.63, 3.8) is 0 Å². The Balaban J connectivity index is 1.59. The number of nitrogens with zero attached hydrogens (tertiary/aromatic N) is 5. The van der Waals surface area contributed by atoms with Crippen LogP contribution < -0.4 is 0 Å². The minimum atomic E-state index is -1.02. The predicted octanol–water partition coefficient (Wildman–Crippen LogP) is 2.45. The quantitative estimate of drug-likeness (QED) is 0.778. The Bertz CT molecular complexity index is 916. The van der Waals surface area contributed by atoms with Crippen LogP contribution in [0, 0.1) is 6.92 Å². The molecule has 1 N–H and O–H groups in total. The molecule has 8 heteroatoms. The fourth-order valence-corrected chi connectivity index (χ4v) is 3.44. The maximum atomic E-state index is 11.2. The van der Waals surface area contributed by atoms with Gasteiger partial charge in [0, 0.05) is 30.6 Å². The zero-order valence-electron chi connectivity index (χ0n) is 13.9. The predicted molar refractivity (Wildman–Crippen MR) is 88.2 cm³/mol. The van der Waals surface area contributed by atoms with Gasteiger partial charge in [-0.25, -0.2) is 14.3 Å². The minimum Gasteiger partial charge on any atom is -0.477 e. The average Bonchev–Trinajstić information content (AvgIpc) is 3.21. The Morgan fingerprint density at radius 2 is 2.28 bits per heavy atom. The van der Waals surface area contributed by atoms with Gasteiger partial charge in [-0.05, 0) is 26.3 Å². The highest BCUT2D eigenvalue weighted by atomic mass is 16.5. The lowest BCUT2D eigenvalue weighted by atomic mass is 9.98. The van der Waals surface area contributed by atoms with Crippen LogP contribution in [0.3, 0.4) is 0 Å². The highest BCUT2D eigenvalue weighted by Crippen LogP contribution is 2.31. The van der Waals surface area contributed by atoms with Gasteiger partial charge in [0.15, 0.2) is 5.65 Å². The lowest BCUT2D eigenvalue weighted by Crippen LogP contribution is -2.33. The fraction of sp³-hybridized carbons (Fsp3) is 0.412. The molecule has 4 heterocycles. The summed E-state index contributed by atoms with van der Waals surface area (Å²) in [4.78, 5) is 17.8. The highest BCUT2D eigenvalue weighted by molar-refractivity contribution is 5.93. The zero-order valence-corrected chi connectivity index (χ0v) is 13.9. The van der Waals surface area contributed by atoms with Crippen molar-refractivity contribution in [3.05, 3.63) is 47.2 Å². The molecule has 1 aliphatic rings. The topological polar surface area (TPSA) is 96.8 Å². The maximum Gasteiger partial charge on any atom is 0.341 e. The number of aromatic carboxylic acids is 1. The Morgan fingerprint density at radius 3 is 3.04 bits per heavy atom. The minimum absolute atomic E-state index is 0.112. The van der Waals surface area contributed by atoms with Gasteiger partial charge in [-0.1, -0.05) is 11.6 Å². The van der Waals surface area contributed by atoms with Gasteiger partial charge in [0.05, 0.1) is 12.2 Å². The Morgan fingerprint density at radius 1 is 1.40 bits per heavy atom. The number of hydrogen-bond acceptors (Lipinski definition) is 6. The third-order valence-electron chi connectivity index (χ3n) is 4.63. The lowest BCUT2D eigenvalue weighted by Gasteiger charge is -2.34. The fourth-order valence-electron chi connectivity index (χ4n) is 3.44. The number of rotatable bonds is 4. The number of fused-ring (bicyclic) bond motifs is 1. The molecule has 0 aromatic carbocycles. The number of aromatic nitrogens is 4. The normalized spacial score (nSPS) is 18.7. The highest BCUT2D eigenvalue weighted by Gasteiger charge is 2.26. The molecule has 0 spiro atoms. The van der Waals surface area contributed by atoms with Crippen molar-refractivity contribution < 1.29 is 14.4 Å². The number of likely N-dealkylation sites (tertiary alicyclic amines) is 1. The van der Waals surface area contributed by atoms with Crippen LogP contribution in [0.5, 0.6) is 0 Å². The first-order chi connectivity index (χ1) is 12.1. The summed E-state index contributed by atoms with van der Waals surface area (Å²) in [6.45, 7) is 3.59. The van der Waals surface area contributed by atoms with Crippen LogP contribution in [-0.2, 0) is 6.54 Å². The molecule has 0 aliphatic carbocycles. The number of piperidine rings is 1. The van der Waals surface area contributed by atoms with E-state index >= 15 is 0 Å². The van der Waals surface area contributed by atoms with E-state index in [9.17, 15) is 4.79 Å². The van der Waals surface area contributed by atoms with E-state index in [1.807, 2.05) is 19.2 Å². The van der Waals surface area contributed by atoms with Crippen LogP contribution in [0.15, 0.2) is 29.2 Å². The van der Waals surface area contributed by atoms with E-state index in [1.54, 1.807) is 6.20 Å². The molecule has 0 unspecified atom stereocenters. The molecular weight excluding hydrogens is 322 g/mol. The second-order valence-corrected chi connectivity index (χ2v) is 6.44. The summed E-state index contributed by atoms with van der Waals surface area (Å²) in [6.07, 6.45) is 8.26. The van der Waals surface area contributed by atoms with Crippen molar-refractivity contribution in [2.75, 3.05) is 6.54 Å². The molecule has 0 radical (unpaired) electrons. The Hall–Kier alpha value is -2.74. The molecule has 25 heavy (non-hydrogen) atoms. The van der Waals surface area contributed by atoms with Gasteiger partial charge in [-0.15, -0.1) is 0 Å². The molecule has 8 nitrogen and oxygen atoms in total. The van der Waals surface area contributed by atoms with Gasteiger partial charge < -0.3 is 9.63 Å². The van der Waals surface area contributed by atoms with E-state index in [2.05, 4.69) is 20.1 Å². The van der Waals surface area contributed by atoms with Crippen LogP contribution in [0.1, 0.15) is 52.7 Å². The number of carboxylic acids is 1. The van der Waals surface area contributed by atoms with Crippen molar-refractivity contribution in [1.82, 2.24) is 24.7 Å². The molecule has 130 valence electrons. The van der Waals surface area contributed by atoms with Crippen LogP contribution in [0.2, 0.25) is 0 Å². The van der Waals surface area contributed by atoms with Gasteiger partial charge >= 0.3 is 5.97 Å². The first-order valence-electron chi connectivity index (χ1n) is 8.34. The smallest absolute Gasteiger partial charge is 0.341 e. The van der Waals surface area contributed by atoms with E-state index < -0.39 is 5.97 Å². The van der Waals surface area contributed by atoms with Gasteiger partial charge in [0.25, 0.3) is 0 Å². The van der Waals surface area contributed by atoms with Crippen molar-refractivity contribution in [1.29, 1.82) is 0 Å². The summed E-state index contributed by atoms with van der Waals surface area (Å²) >= 11 is 0. The van der Waals surface area contributed by atoms with E-state index in [0.29, 0.717) is 12.2 Å². The van der Waals surface area contributed by atoms with Gasteiger partial charge in [-0.3, -0.25) is 4.90 Å². The summed E-state index contributed by atoms with van der Waals surface area (Å²) in [7, 11) is 0. The molecule has 3 aromatic rings. The monoisotopic (exact) mass is 341 g/mol. The van der Waals surface area contributed by atoms with Crippen molar-refractivity contribution in [3.8, 4) is 0 Å². The van der Waals surface area contributed by atoms with Crippen LogP contribution in [-0.4, -0.2) is 42.3 Å². The van der Waals surface area contributed by atoms with Crippen molar-refractivity contribution >= 4 is 11.6 Å². The first kappa shape index (κ1) is 15.8. The van der Waals surface area contributed by atoms with Crippen molar-refractivity contribution in [2.24, 2.45) is 0 Å². The molecule has 4 rings (SSSR count). The number of aryl methyl sites for hydroxylation is 1. The molecule has 1 aliphatic heterocycles. The standard InChI is InChI=1S/C17H19N5O3/c1-11-6-14(20-25-11)15-4-2-3-5-21(15)9-12-7-18-16-13(17(23)24)8-19-22(16)10-12/h6-8,10,15H,2-5,9H2,1H3,(H,23,24)/t15-/m0/s1. The molecular formula is C17H19N5O3. The maximum absolute atomic E-state index is 11.2. The molecule has 1 saturated heterocycles.